The van der Waals surface area contributed by atoms with Crippen molar-refractivity contribution >= 4 is 5.69 Å². The number of hydrogen-bond donors (Lipinski definition) is 1. The summed E-state index contributed by atoms with van der Waals surface area (Å²) in [4.78, 5) is 2.05. The molecule has 0 saturated heterocycles. The number of phenolic OH excluding ortho intramolecular Hbond substituents is 1. The summed E-state index contributed by atoms with van der Waals surface area (Å²) in [7, 11) is 1.96. The van der Waals surface area contributed by atoms with E-state index < -0.39 is 5.82 Å². The van der Waals surface area contributed by atoms with Gasteiger partial charge in [0.2, 0.25) is 0 Å². The van der Waals surface area contributed by atoms with Crippen LogP contribution < -0.4 is 4.90 Å². The third-order valence-electron chi connectivity index (χ3n) is 3.46. The molecular formula is C16H18FNO. The highest BCUT2D eigenvalue weighted by atomic mass is 19.1. The first kappa shape index (κ1) is 13.4. The van der Waals surface area contributed by atoms with Gasteiger partial charge in [0.1, 0.15) is 11.6 Å². The number of hydrogen-bond acceptors (Lipinski definition) is 2. The van der Waals surface area contributed by atoms with E-state index >= 15 is 0 Å². The second-order valence-electron chi connectivity index (χ2n) is 4.83. The summed E-state index contributed by atoms with van der Waals surface area (Å²) in [5.74, 6) is -0.432. The van der Waals surface area contributed by atoms with Gasteiger partial charge in [-0.2, -0.15) is 0 Å². The quantitative estimate of drug-likeness (QED) is 0.899. The highest BCUT2D eigenvalue weighted by Crippen LogP contribution is 2.31. The number of anilines is 1. The lowest BCUT2D eigenvalue weighted by Gasteiger charge is -2.28. The van der Waals surface area contributed by atoms with E-state index in [4.69, 9.17) is 0 Å². The first-order valence-corrected chi connectivity index (χ1v) is 6.27. The summed E-state index contributed by atoms with van der Waals surface area (Å²) in [6.07, 6.45) is 0. The number of aromatic hydroxyl groups is 1. The summed E-state index contributed by atoms with van der Waals surface area (Å²) < 4.78 is 13.0. The Kier molecular flexibility index (Phi) is 3.74. The van der Waals surface area contributed by atoms with Crippen LogP contribution >= 0.6 is 0 Å². The van der Waals surface area contributed by atoms with Crippen molar-refractivity contribution in [2.24, 2.45) is 0 Å². The van der Waals surface area contributed by atoms with Gasteiger partial charge < -0.3 is 10.0 Å². The van der Waals surface area contributed by atoms with E-state index in [1.54, 1.807) is 6.07 Å². The molecule has 2 aromatic carbocycles. The zero-order valence-electron chi connectivity index (χ0n) is 11.4. The van der Waals surface area contributed by atoms with Gasteiger partial charge in [0, 0.05) is 24.4 Å². The van der Waals surface area contributed by atoms with E-state index in [9.17, 15) is 9.50 Å². The van der Waals surface area contributed by atoms with Crippen molar-refractivity contribution in [2.45, 2.75) is 19.9 Å². The van der Waals surface area contributed by atoms with E-state index in [1.165, 1.54) is 11.6 Å². The predicted octanol–water partition coefficient (Wildman–Crippen LogP) is 4.04. The third kappa shape index (κ3) is 2.87. The van der Waals surface area contributed by atoms with Crippen LogP contribution in [-0.2, 0) is 0 Å². The van der Waals surface area contributed by atoms with Gasteiger partial charge in [-0.15, -0.1) is 0 Å². The van der Waals surface area contributed by atoms with Crippen molar-refractivity contribution in [1.29, 1.82) is 0 Å². The zero-order valence-corrected chi connectivity index (χ0v) is 11.4. The van der Waals surface area contributed by atoms with Crippen molar-refractivity contribution < 1.29 is 9.50 Å². The van der Waals surface area contributed by atoms with Crippen molar-refractivity contribution in [3.8, 4) is 5.75 Å². The minimum Gasteiger partial charge on any atom is -0.507 e. The van der Waals surface area contributed by atoms with Gasteiger partial charge in [-0.05, 0) is 32.0 Å². The van der Waals surface area contributed by atoms with Crippen LogP contribution in [0.2, 0.25) is 0 Å². The van der Waals surface area contributed by atoms with Crippen molar-refractivity contribution in [2.75, 3.05) is 11.9 Å². The summed E-state index contributed by atoms with van der Waals surface area (Å²) in [6, 6.07) is 12.3. The fourth-order valence-corrected chi connectivity index (χ4v) is 2.08. The Bertz CT molecular complexity index is 565. The normalized spacial score (nSPS) is 12.2. The zero-order chi connectivity index (χ0) is 14.0. The number of aryl methyl sites for hydroxylation is 1. The molecule has 1 atom stereocenters. The molecule has 0 heterocycles. The molecule has 19 heavy (non-hydrogen) atoms. The monoisotopic (exact) mass is 259 g/mol. The number of halogens is 1. The lowest BCUT2D eigenvalue weighted by atomic mass is 10.0. The van der Waals surface area contributed by atoms with E-state index in [2.05, 4.69) is 0 Å². The maximum absolute atomic E-state index is 13.0. The molecule has 3 heteroatoms. The van der Waals surface area contributed by atoms with Crippen LogP contribution in [0.1, 0.15) is 24.1 Å². The molecule has 2 aromatic rings. The van der Waals surface area contributed by atoms with Crippen LogP contribution in [0, 0.1) is 12.7 Å². The van der Waals surface area contributed by atoms with E-state index in [1.807, 2.05) is 50.1 Å². The summed E-state index contributed by atoms with van der Waals surface area (Å²) in [5, 5.41) is 9.84. The molecule has 1 N–H and O–H groups in total. The van der Waals surface area contributed by atoms with Gasteiger partial charge >= 0.3 is 0 Å². The Labute approximate surface area is 113 Å². The Morgan fingerprint density at radius 2 is 1.74 bits per heavy atom. The molecule has 0 spiro atoms. The molecule has 2 rings (SSSR count). The van der Waals surface area contributed by atoms with Crippen LogP contribution in [0.4, 0.5) is 10.1 Å². The molecule has 1 unspecified atom stereocenters. The second-order valence-corrected chi connectivity index (χ2v) is 4.83. The van der Waals surface area contributed by atoms with Crippen molar-refractivity contribution in [3.63, 3.8) is 0 Å². The maximum Gasteiger partial charge on any atom is 0.126 e. The summed E-state index contributed by atoms with van der Waals surface area (Å²) in [6.45, 7) is 4.02. The molecule has 0 radical (unpaired) electrons. The number of benzene rings is 2. The smallest absolute Gasteiger partial charge is 0.126 e. The third-order valence-corrected chi connectivity index (χ3v) is 3.46. The molecule has 0 aliphatic carbocycles. The van der Waals surface area contributed by atoms with Gasteiger partial charge in [0.05, 0.1) is 6.04 Å². The lowest BCUT2D eigenvalue weighted by molar-refractivity contribution is 0.456. The number of nitrogens with zero attached hydrogens (tertiary/aromatic N) is 1. The van der Waals surface area contributed by atoms with Gasteiger partial charge in [-0.3, -0.25) is 0 Å². The van der Waals surface area contributed by atoms with Crippen LogP contribution in [0.5, 0.6) is 5.75 Å². The fourth-order valence-electron chi connectivity index (χ4n) is 2.08. The van der Waals surface area contributed by atoms with Gasteiger partial charge in [0.25, 0.3) is 0 Å². The SMILES string of the molecule is Cc1ccc(N(C)C(C)c2ccc(F)cc2O)cc1. The molecular weight excluding hydrogens is 241 g/mol. The predicted molar refractivity (Wildman–Crippen MR) is 76.1 cm³/mol. The standard InChI is InChI=1S/C16H18FNO/c1-11-4-7-14(8-5-11)18(3)12(2)15-9-6-13(17)10-16(15)19/h4-10,12,19H,1-3H3. The molecule has 2 nitrogen and oxygen atoms in total. The highest BCUT2D eigenvalue weighted by Gasteiger charge is 2.16. The van der Waals surface area contributed by atoms with Crippen LogP contribution in [0.25, 0.3) is 0 Å². The first-order chi connectivity index (χ1) is 8.99. The average molecular weight is 259 g/mol. The minimum absolute atomic E-state index is 0.00791. The molecule has 0 aliphatic rings. The molecule has 0 saturated carbocycles. The average Bonchev–Trinajstić information content (AvgIpc) is 2.38. The Balaban J connectivity index is 2.27. The van der Waals surface area contributed by atoms with Crippen molar-refractivity contribution in [3.05, 3.63) is 59.4 Å². The van der Waals surface area contributed by atoms with Crippen molar-refractivity contribution in [1.82, 2.24) is 0 Å². The van der Waals surface area contributed by atoms with Gasteiger partial charge in [0.15, 0.2) is 0 Å². The fraction of sp³-hybridized carbons (Fsp3) is 0.250. The van der Waals surface area contributed by atoms with Crippen LogP contribution in [0.15, 0.2) is 42.5 Å². The van der Waals surface area contributed by atoms with Crippen LogP contribution in [-0.4, -0.2) is 12.2 Å². The molecule has 0 amide bonds. The van der Waals surface area contributed by atoms with E-state index in [0.29, 0.717) is 5.56 Å². The minimum atomic E-state index is -0.425. The number of phenols is 1. The number of rotatable bonds is 3. The Morgan fingerprint density at radius 3 is 2.32 bits per heavy atom. The van der Waals surface area contributed by atoms with E-state index in [0.717, 1.165) is 11.8 Å². The van der Waals surface area contributed by atoms with Gasteiger partial charge in [-0.1, -0.05) is 23.8 Å². The molecule has 0 bridgehead atoms. The largest absolute Gasteiger partial charge is 0.507 e. The maximum atomic E-state index is 13.0. The summed E-state index contributed by atoms with van der Waals surface area (Å²) in [5.41, 5.74) is 2.97. The second kappa shape index (κ2) is 5.31. The Hall–Kier alpha value is -2.03. The lowest BCUT2D eigenvalue weighted by Crippen LogP contribution is -2.21. The van der Waals surface area contributed by atoms with E-state index in [-0.39, 0.29) is 11.8 Å². The first-order valence-electron chi connectivity index (χ1n) is 6.27. The van der Waals surface area contributed by atoms with Gasteiger partial charge in [-0.25, -0.2) is 4.39 Å². The molecule has 0 aliphatic heterocycles. The topological polar surface area (TPSA) is 23.5 Å². The summed E-state index contributed by atoms with van der Waals surface area (Å²) >= 11 is 0. The van der Waals surface area contributed by atoms with Crippen LogP contribution in [0.3, 0.4) is 0 Å². The highest BCUT2D eigenvalue weighted by molar-refractivity contribution is 5.50. The molecule has 100 valence electrons. The Morgan fingerprint density at radius 1 is 1.11 bits per heavy atom. The molecule has 0 fully saturated rings. The molecule has 0 aromatic heterocycles.